The fraction of sp³-hybridized carbons (Fsp3) is 0.467. The van der Waals surface area contributed by atoms with Gasteiger partial charge in [-0.3, -0.25) is 9.59 Å². The van der Waals surface area contributed by atoms with Crippen LogP contribution in [0.25, 0.3) is 0 Å². The van der Waals surface area contributed by atoms with E-state index in [1.807, 2.05) is 24.3 Å². The van der Waals surface area contributed by atoms with Gasteiger partial charge in [-0.05, 0) is 18.1 Å². The van der Waals surface area contributed by atoms with Crippen molar-refractivity contribution in [1.82, 2.24) is 5.32 Å². The standard InChI is InChI=1S/C15H20N2O4/c1-20-12-5-3-2-4-11(12)6-7-14(19)17-15(8-13(16)18)9-21-10-15/h2-5H,6-10H2,1H3,(H2,16,18)(H,17,19). The molecule has 0 saturated carbocycles. The van der Waals surface area contributed by atoms with E-state index < -0.39 is 11.4 Å². The van der Waals surface area contributed by atoms with Crippen molar-refractivity contribution in [2.45, 2.75) is 24.8 Å². The number of hydrogen-bond donors (Lipinski definition) is 2. The average Bonchev–Trinajstić information content (AvgIpc) is 2.42. The second-order valence-corrected chi connectivity index (χ2v) is 5.28. The first kappa shape index (κ1) is 15.3. The number of primary amides is 1. The van der Waals surface area contributed by atoms with Gasteiger partial charge in [0, 0.05) is 6.42 Å². The van der Waals surface area contributed by atoms with Crippen LogP contribution in [0, 0.1) is 0 Å². The van der Waals surface area contributed by atoms with Gasteiger partial charge in [0.2, 0.25) is 11.8 Å². The second kappa shape index (κ2) is 6.58. The molecule has 1 saturated heterocycles. The number of carbonyl (C=O) groups excluding carboxylic acids is 2. The fourth-order valence-electron chi connectivity index (χ4n) is 2.42. The number of methoxy groups -OCH3 is 1. The third kappa shape index (κ3) is 3.95. The Bertz CT molecular complexity index is 526. The predicted octanol–water partition coefficient (Wildman–Crippen LogP) is 0.388. The molecule has 0 radical (unpaired) electrons. The molecule has 1 aromatic rings. The Labute approximate surface area is 123 Å². The number of nitrogens with one attached hydrogen (secondary N) is 1. The van der Waals surface area contributed by atoms with Gasteiger partial charge >= 0.3 is 0 Å². The van der Waals surface area contributed by atoms with Crippen LogP contribution >= 0.6 is 0 Å². The van der Waals surface area contributed by atoms with Crippen molar-refractivity contribution in [3.05, 3.63) is 29.8 Å². The van der Waals surface area contributed by atoms with Crippen LogP contribution in [-0.4, -0.2) is 37.7 Å². The Morgan fingerprint density at radius 1 is 1.38 bits per heavy atom. The van der Waals surface area contributed by atoms with E-state index in [2.05, 4.69) is 5.32 Å². The number of rotatable bonds is 7. The molecule has 1 aliphatic rings. The Hall–Kier alpha value is -2.08. The summed E-state index contributed by atoms with van der Waals surface area (Å²) in [6.45, 7) is 0.659. The molecule has 0 aromatic heterocycles. The van der Waals surface area contributed by atoms with E-state index in [4.69, 9.17) is 15.2 Å². The highest BCUT2D eigenvalue weighted by molar-refractivity contribution is 5.80. The highest BCUT2D eigenvalue weighted by Crippen LogP contribution is 2.22. The zero-order valence-electron chi connectivity index (χ0n) is 12.1. The van der Waals surface area contributed by atoms with E-state index in [1.54, 1.807) is 7.11 Å². The van der Waals surface area contributed by atoms with Crippen LogP contribution in [-0.2, 0) is 20.7 Å². The summed E-state index contributed by atoms with van der Waals surface area (Å²) in [6, 6.07) is 7.58. The molecule has 1 aliphatic heterocycles. The summed E-state index contributed by atoms with van der Waals surface area (Å²) in [7, 11) is 1.60. The topological polar surface area (TPSA) is 90.6 Å². The number of carbonyl (C=O) groups is 2. The van der Waals surface area contributed by atoms with Crippen LogP contribution in [0.3, 0.4) is 0 Å². The normalized spacial score (nSPS) is 15.9. The minimum absolute atomic E-state index is 0.105. The smallest absolute Gasteiger partial charge is 0.220 e. The molecule has 0 aliphatic carbocycles. The fourth-order valence-corrected chi connectivity index (χ4v) is 2.42. The summed E-state index contributed by atoms with van der Waals surface area (Å²) >= 11 is 0. The molecule has 21 heavy (non-hydrogen) atoms. The third-order valence-corrected chi connectivity index (χ3v) is 3.49. The summed E-state index contributed by atoms with van der Waals surface area (Å²) in [6.07, 6.45) is 0.998. The number of ether oxygens (including phenoxy) is 2. The summed E-state index contributed by atoms with van der Waals surface area (Å²) in [5, 5.41) is 2.86. The quantitative estimate of drug-likeness (QED) is 0.760. The largest absolute Gasteiger partial charge is 0.496 e. The van der Waals surface area contributed by atoms with Gasteiger partial charge in [0.05, 0.1) is 32.3 Å². The van der Waals surface area contributed by atoms with E-state index in [0.29, 0.717) is 26.1 Å². The molecule has 1 fully saturated rings. The molecule has 0 unspecified atom stereocenters. The van der Waals surface area contributed by atoms with Crippen molar-refractivity contribution >= 4 is 11.8 Å². The van der Waals surface area contributed by atoms with Gasteiger partial charge in [0.15, 0.2) is 0 Å². The Balaban J connectivity index is 1.88. The van der Waals surface area contributed by atoms with Crippen molar-refractivity contribution in [1.29, 1.82) is 0 Å². The summed E-state index contributed by atoms with van der Waals surface area (Å²) < 4.78 is 10.3. The van der Waals surface area contributed by atoms with Gasteiger partial charge in [0.1, 0.15) is 5.75 Å². The van der Waals surface area contributed by atoms with Gasteiger partial charge in [-0.1, -0.05) is 18.2 Å². The van der Waals surface area contributed by atoms with Crippen molar-refractivity contribution in [2.75, 3.05) is 20.3 Å². The van der Waals surface area contributed by atoms with Gasteiger partial charge in [-0.15, -0.1) is 0 Å². The summed E-state index contributed by atoms with van der Waals surface area (Å²) in [5.41, 5.74) is 5.56. The lowest BCUT2D eigenvalue weighted by Crippen LogP contribution is -2.63. The minimum Gasteiger partial charge on any atom is -0.496 e. The number of para-hydroxylation sites is 1. The Morgan fingerprint density at radius 2 is 2.10 bits per heavy atom. The predicted molar refractivity (Wildman–Crippen MR) is 76.8 cm³/mol. The molecular weight excluding hydrogens is 272 g/mol. The molecule has 114 valence electrons. The monoisotopic (exact) mass is 292 g/mol. The molecule has 1 heterocycles. The Kier molecular flexibility index (Phi) is 4.80. The molecule has 2 amide bonds. The molecule has 6 nitrogen and oxygen atoms in total. The molecule has 2 rings (SSSR count). The van der Waals surface area contributed by atoms with E-state index in [9.17, 15) is 9.59 Å². The van der Waals surface area contributed by atoms with Crippen LogP contribution in [0.5, 0.6) is 5.75 Å². The molecule has 0 bridgehead atoms. The second-order valence-electron chi connectivity index (χ2n) is 5.28. The highest BCUT2D eigenvalue weighted by Gasteiger charge is 2.41. The lowest BCUT2D eigenvalue weighted by Gasteiger charge is -2.41. The van der Waals surface area contributed by atoms with Crippen molar-refractivity contribution in [3.63, 3.8) is 0 Å². The lowest BCUT2D eigenvalue weighted by atomic mass is 9.92. The van der Waals surface area contributed by atoms with Crippen LogP contribution in [0.1, 0.15) is 18.4 Å². The number of nitrogens with two attached hydrogens (primary N) is 1. The van der Waals surface area contributed by atoms with E-state index >= 15 is 0 Å². The van der Waals surface area contributed by atoms with Crippen molar-refractivity contribution in [2.24, 2.45) is 5.73 Å². The first-order valence-corrected chi connectivity index (χ1v) is 6.84. The molecular formula is C15H20N2O4. The number of hydrogen-bond acceptors (Lipinski definition) is 4. The maximum absolute atomic E-state index is 12.0. The summed E-state index contributed by atoms with van der Waals surface area (Å²) in [4.78, 5) is 23.1. The maximum atomic E-state index is 12.0. The SMILES string of the molecule is COc1ccccc1CCC(=O)NC1(CC(N)=O)COC1. The maximum Gasteiger partial charge on any atom is 0.220 e. The van der Waals surface area contributed by atoms with Gasteiger partial charge in [0.25, 0.3) is 0 Å². The minimum atomic E-state index is -0.621. The molecule has 3 N–H and O–H groups in total. The van der Waals surface area contributed by atoms with E-state index in [-0.39, 0.29) is 12.3 Å². The van der Waals surface area contributed by atoms with E-state index in [1.165, 1.54) is 0 Å². The van der Waals surface area contributed by atoms with Crippen LogP contribution in [0.2, 0.25) is 0 Å². The number of amides is 2. The zero-order valence-corrected chi connectivity index (χ0v) is 12.1. The highest BCUT2D eigenvalue weighted by atomic mass is 16.5. The number of benzene rings is 1. The molecule has 1 aromatic carbocycles. The van der Waals surface area contributed by atoms with Crippen molar-refractivity contribution < 1.29 is 19.1 Å². The van der Waals surface area contributed by atoms with Crippen LogP contribution < -0.4 is 15.8 Å². The van der Waals surface area contributed by atoms with Gasteiger partial charge < -0.3 is 20.5 Å². The first-order chi connectivity index (χ1) is 10.0. The Morgan fingerprint density at radius 3 is 2.67 bits per heavy atom. The zero-order chi connectivity index (χ0) is 15.3. The van der Waals surface area contributed by atoms with Gasteiger partial charge in [-0.2, -0.15) is 0 Å². The van der Waals surface area contributed by atoms with Crippen LogP contribution in [0.4, 0.5) is 0 Å². The van der Waals surface area contributed by atoms with Gasteiger partial charge in [-0.25, -0.2) is 0 Å². The summed E-state index contributed by atoms with van der Waals surface area (Å²) in [5.74, 6) is 0.206. The van der Waals surface area contributed by atoms with E-state index in [0.717, 1.165) is 11.3 Å². The third-order valence-electron chi connectivity index (χ3n) is 3.49. The average molecular weight is 292 g/mol. The molecule has 0 atom stereocenters. The lowest BCUT2D eigenvalue weighted by molar-refractivity contribution is -0.138. The molecule has 6 heteroatoms. The number of aryl methyl sites for hydroxylation is 1. The first-order valence-electron chi connectivity index (χ1n) is 6.84. The molecule has 0 spiro atoms. The van der Waals surface area contributed by atoms with Crippen LogP contribution in [0.15, 0.2) is 24.3 Å². The van der Waals surface area contributed by atoms with Crippen molar-refractivity contribution in [3.8, 4) is 5.75 Å².